The zero-order valence-corrected chi connectivity index (χ0v) is 21.2. The molecule has 1 aromatic heterocycles. The summed E-state index contributed by atoms with van der Waals surface area (Å²) in [5.74, 6) is 1.73. The summed E-state index contributed by atoms with van der Waals surface area (Å²) in [6, 6.07) is 28.2. The van der Waals surface area contributed by atoms with E-state index < -0.39 is 0 Å². The molecule has 1 N–H and O–H groups in total. The van der Waals surface area contributed by atoms with Crippen molar-refractivity contribution in [2.45, 2.75) is 25.8 Å². The van der Waals surface area contributed by atoms with Crippen LogP contribution in [0.25, 0.3) is 17.0 Å². The summed E-state index contributed by atoms with van der Waals surface area (Å²) < 4.78 is 11.2. The average molecular weight is 497 g/mol. The van der Waals surface area contributed by atoms with Crippen molar-refractivity contribution in [3.63, 3.8) is 0 Å². The lowest BCUT2D eigenvalue weighted by Gasteiger charge is -2.37. The lowest BCUT2D eigenvalue weighted by molar-refractivity contribution is 0.395. The van der Waals surface area contributed by atoms with Gasteiger partial charge >= 0.3 is 0 Å². The van der Waals surface area contributed by atoms with Crippen LogP contribution in [0, 0.1) is 0 Å². The first kappa shape index (κ1) is 23.8. The van der Waals surface area contributed by atoms with Gasteiger partial charge in [0.25, 0.3) is 5.89 Å². The zero-order chi connectivity index (χ0) is 24.9. The molecule has 0 fully saturated rings. The molecule has 1 aliphatic heterocycles. The molecular formula is C29H28N4O2S. The molecule has 0 bridgehead atoms. The van der Waals surface area contributed by atoms with E-state index in [0.29, 0.717) is 16.8 Å². The van der Waals surface area contributed by atoms with Gasteiger partial charge in [0.1, 0.15) is 5.75 Å². The van der Waals surface area contributed by atoms with E-state index in [2.05, 4.69) is 58.7 Å². The quantitative estimate of drug-likeness (QED) is 0.298. The lowest BCUT2D eigenvalue weighted by atomic mass is 9.94. The molecular weight excluding hydrogens is 468 g/mol. The maximum atomic E-state index is 5.84. The van der Waals surface area contributed by atoms with Gasteiger partial charge in [-0.25, -0.2) is 0 Å². The Balaban J connectivity index is 1.48. The van der Waals surface area contributed by atoms with Crippen molar-refractivity contribution in [2.75, 3.05) is 13.7 Å². The van der Waals surface area contributed by atoms with Crippen molar-refractivity contribution in [3.8, 4) is 17.1 Å². The van der Waals surface area contributed by atoms with Gasteiger partial charge in [0.2, 0.25) is 5.82 Å². The SMILES string of the molecule is COc1cccc(-c2noc(C3=C(C)N(CCCc4ccccc4)C(=S)NC3c3ccccc3)n2)c1. The largest absolute Gasteiger partial charge is 0.497 e. The molecule has 0 saturated carbocycles. The van der Waals surface area contributed by atoms with Crippen LogP contribution in [0.4, 0.5) is 0 Å². The number of rotatable bonds is 8. The maximum absolute atomic E-state index is 5.84. The summed E-state index contributed by atoms with van der Waals surface area (Å²) in [4.78, 5) is 6.93. The Labute approximate surface area is 216 Å². The number of hydrogen-bond acceptors (Lipinski definition) is 5. The van der Waals surface area contributed by atoms with Crippen molar-refractivity contribution in [3.05, 3.63) is 108 Å². The summed E-state index contributed by atoms with van der Waals surface area (Å²) in [5, 5.41) is 8.52. The van der Waals surface area contributed by atoms with E-state index in [1.165, 1.54) is 5.56 Å². The number of methoxy groups -OCH3 is 1. The third-order valence-electron chi connectivity index (χ3n) is 6.40. The van der Waals surface area contributed by atoms with Gasteiger partial charge < -0.3 is 19.5 Å². The van der Waals surface area contributed by atoms with E-state index in [4.69, 9.17) is 26.5 Å². The summed E-state index contributed by atoms with van der Waals surface area (Å²) in [5.41, 5.74) is 5.17. The summed E-state index contributed by atoms with van der Waals surface area (Å²) in [6.07, 6.45) is 1.94. The van der Waals surface area contributed by atoms with Crippen LogP contribution in [-0.4, -0.2) is 33.8 Å². The highest BCUT2D eigenvalue weighted by Gasteiger charge is 2.33. The molecule has 7 heteroatoms. The van der Waals surface area contributed by atoms with Crippen LogP contribution < -0.4 is 10.1 Å². The van der Waals surface area contributed by atoms with Gasteiger partial charge in [-0.05, 0) is 55.2 Å². The van der Waals surface area contributed by atoms with Crippen LogP contribution in [0.15, 0.2) is 95.1 Å². The minimum atomic E-state index is -0.192. The van der Waals surface area contributed by atoms with Crippen LogP contribution in [0.1, 0.15) is 36.4 Å². The fraction of sp³-hybridized carbons (Fsp3) is 0.207. The van der Waals surface area contributed by atoms with E-state index in [9.17, 15) is 0 Å². The molecule has 1 aliphatic rings. The molecule has 36 heavy (non-hydrogen) atoms. The number of nitrogens with one attached hydrogen (secondary N) is 1. The first-order valence-corrected chi connectivity index (χ1v) is 12.4. The van der Waals surface area contributed by atoms with Crippen molar-refractivity contribution in [1.82, 2.24) is 20.4 Å². The van der Waals surface area contributed by atoms with Gasteiger partial charge in [-0.15, -0.1) is 0 Å². The number of allylic oxidation sites excluding steroid dienone is 1. The Morgan fingerprint density at radius 2 is 1.75 bits per heavy atom. The highest BCUT2D eigenvalue weighted by Crippen LogP contribution is 2.37. The number of benzene rings is 3. The fourth-order valence-electron chi connectivity index (χ4n) is 4.52. The van der Waals surface area contributed by atoms with Gasteiger partial charge in [0.15, 0.2) is 5.11 Å². The predicted octanol–water partition coefficient (Wildman–Crippen LogP) is 6.04. The molecule has 3 aromatic carbocycles. The third-order valence-corrected chi connectivity index (χ3v) is 6.74. The van der Waals surface area contributed by atoms with Gasteiger partial charge in [-0.1, -0.05) is 78.0 Å². The molecule has 1 unspecified atom stereocenters. The Bertz CT molecular complexity index is 1370. The summed E-state index contributed by atoms with van der Waals surface area (Å²) in [7, 11) is 1.64. The van der Waals surface area contributed by atoms with E-state index >= 15 is 0 Å². The predicted molar refractivity (Wildman–Crippen MR) is 145 cm³/mol. The second-order valence-electron chi connectivity index (χ2n) is 8.69. The van der Waals surface area contributed by atoms with Crippen LogP contribution in [-0.2, 0) is 6.42 Å². The number of thiocarbonyl (C=S) groups is 1. The summed E-state index contributed by atoms with van der Waals surface area (Å²) in [6.45, 7) is 2.87. The Morgan fingerprint density at radius 1 is 1.00 bits per heavy atom. The highest BCUT2D eigenvalue weighted by molar-refractivity contribution is 7.80. The van der Waals surface area contributed by atoms with Crippen LogP contribution in [0.2, 0.25) is 0 Å². The minimum Gasteiger partial charge on any atom is -0.497 e. The lowest BCUT2D eigenvalue weighted by Crippen LogP contribution is -2.46. The Morgan fingerprint density at radius 3 is 2.50 bits per heavy atom. The Kier molecular flexibility index (Phi) is 7.09. The maximum Gasteiger partial charge on any atom is 0.258 e. The van der Waals surface area contributed by atoms with Gasteiger partial charge in [0.05, 0.1) is 18.7 Å². The zero-order valence-electron chi connectivity index (χ0n) is 20.3. The smallest absolute Gasteiger partial charge is 0.258 e. The average Bonchev–Trinajstić information content (AvgIpc) is 3.41. The molecule has 0 saturated heterocycles. The molecule has 2 heterocycles. The first-order valence-electron chi connectivity index (χ1n) is 12.0. The molecule has 6 nitrogen and oxygen atoms in total. The van der Waals surface area contributed by atoms with Crippen molar-refractivity contribution >= 4 is 22.9 Å². The number of ether oxygens (including phenoxy) is 1. The highest BCUT2D eigenvalue weighted by atomic mass is 32.1. The number of nitrogens with zero attached hydrogens (tertiary/aromatic N) is 3. The van der Waals surface area contributed by atoms with Gasteiger partial charge in [-0.3, -0.25) is 0 Å². The van der Waals surface area contributed by atoms with E-state index in [0.717, 1.165) is 47.5 Å². The molecule has 0 aliphatic carbocycles. The fourth-order valence-corrected chi connectivity index (χ4v) is 4.87. The number of aromatic nitrogens is 2. The van der Waals surface area contributed by atoms with Crippen molar-refractivity contribution in [1.29, 1.82) is 0 Å². The standard InChI is InChI=1S/C29H28N4O2S/c1-20-25(28-31-27(32-35-28)23-16-9-17-24(19-23)34-2)26(22-14-7-4-8-15-22)30-29(36)33(20)18-10-13-21-11-5-3-6-12-21/h3-9,11-12,14-17,19,26H,10,13,18H2,1-2H3,(H,30,36). The van der Waals surface area contributed by atoms with E-state index in [1.54, 1.807) is 7.11 Å². The summed E-state index contributed by atoms with van der Waals surface area (Å²) >= 11 is 5.82. The molecule has 1 atom stereocenters. The molecule has 0 radical (unpaired) electrons. The monoisotopic (exact) mass is 496 g/mol. The molecule has 0 amide bonds. The second-order valence-corrected chi connectivity index (χ2v) is 9.07. The molecule has 182 valence electrons. The minimum absolute atomic E-state index is 0.192. The van der Waals surface area contributed by atoms with Gasteiger partial charge in [0, 0.05) is 17.8 Å². The van der Waals surface area contributed by atoms with Crippen molar-refractivity contribution in [2.24, 2.45) is 0 Å². The van der Waals surface area contributed by atoms with E-state index in [-0.39, 0.29) is 6.04 Å². The topological polar surface area (TPSA) is 63.4 Å². The third kappa shape index (κ3) is 5.02. The first-order chi connectivity index (χ1) is 17.6. The molecule has 5 rings (SSSR count). The Hall–Kier alpha value is -3.97. The van der Waals surface area contributed by atoms with E-state index in [1.807, 2.05) is 48.5 Å². The van der Waals surface area contributed by atoms with Gasteiger partial charge in [-0.2, -0.15) is 4.98 Å². The number of aryl methyl sites for hydroxylation is 1. The second kappa shape index (κ2) is 10.7. The van der Waals surface area contributed by atoms with Crippen LogP contribution in [0.3, 0.4) is 0 Å². The molecule has 4 aromatic rings. The van der Waals surface area contributed by atoms with Crippen LogP contribution >= 0.6 is 12.2 Å². The van der Waals surface area contributed by atoms with Crippen molar-refractivity contribution < 1.29 is 9.26 Å². The number of hydrogen-bond donors (Lipinski definition) is 1. The molecule has 0 spiro atoms. The van der Waals surface area contributed by atoms with Crippen LogP contribution in [0.5, 0.6) is 5.75 Å². The normalized spacial score (nSPS) is 15.7.